The van der Waals surface area contributed by atoms with Crippen LogP contribution in [0, 0.1) is 11.8 Å². The topological polar surface area (TPSA) is 129 Å². The van der Waals surface area contributed by atoms with Gasteiger partial charge in [0.25, 0.3) is 11.1 Å². The van der Waals surface area contributed by atoms with E-state index in [1.54, 1.807) is 32.8 Å². The van der Waals surface area contributed by atoms with Gasteiger partial charge in [-0.3, -0.25) is 9.59 Å². The van der Waals surface area contributed by atoms with Gasteiger partial charge in [0, 0.05) is 37.5 Å². The third-order valence-corrected chi connectivity index (χ3v) is 8.36. The van der Waals surface area contributed by atoms with Gasteiger partial charge in [-0.2, -0.15) is 26.3 Å². The normalized spacial score (nSPS) is 15.1. The van der Waals surface area contributed by atoms with E-state index in [1.165, 1.54) is 6.20 Å². The first-order valence-electron chi connectivity index (χ1n) is 17.5. The molecule has 2 unspecified atom stereocenters. The number of hydrogen-bond acceptors (Lipinski definition) is 9. The van der Waals surface area contributed by atoms with Gasteiger partial charge < -0.3 is 33.6 Å². The summed E-state index contributed by atoms with van der Waals surface area (Å²) in [5, 5.41) is 2.75. The zero-order valence-electron chi connectivity index (χ0n) is 31.3. The van der Waals surface area contributed by atoms with E-state index in [0.29, 0.717) is 43.7 Å². The molecule has 0 bridgehead atoms. The molecule has 0 radical (unpaired) electrons. The van der Waals surface area contributed by atoms with Crippen molar-refractivity contribution in [2.24, 2.45) is 11.8 Å². The molecule has 11 nitrogen and oxygen atoms in total. The summed E-state index contributed by atoms with van der Waals surface area (Å²) < 4.78 is 91.2. The third-order valence-electron chi connectivity index (χ3n) is 8.36. The Hall–Kier alpha value is -3.70. The fourth-order valence-electron chi connectivity index (χ4n) is 5.46. The Balaban J connectivity index is 0.000000496. The molecule has 306 valence electrons. The number of rotatable bonds is 15. The number of nitrogens with one attached hydrogen (secondary N) is 1. The molecule has 0 aliphatic heterocycles. The van der Waals surface area contributed by atoms with Crippen molar-refractivity contribution in [2.45, 2.75) is 89.7 Å². The van der Waals surface area contributed by atoms with Gasteiger partial charge in [0.1, 0.15) is 18.4 Å². The molecule has 2 aromatic rings. The first kappa shape index (κ1) is 48.3. The number of likely N-dealkylation sites (N-methyl/N-ethyl adjacent to an activating group) is 1. The summed E-state index contributed by atoms with van der Waals surface area (Å²) in [5.41, 5.74) is -4.17. The molecule has 2 fully saturated rings. The number of alkyl halides is 6. The molecule has 2 saturated carbocycles. The van der Waals surface area contributed by atoms with Crippen LogP contribution in [0.1, 0.15) is 86.7 Å². The van der Waals surface area contributed by atoms with Crippen molar-refractivity contribution in [2.75, 3.05) is 47.9 Å². The minimum Gasteiger partial charge on any atom is -0.464 e. The maximum absolute atomic E-state index is 13.3. The van der Waals surface area contributed by atoms with E-state index in [2.05, 4.69) is 5.32 Å². The Morgan fingerprint density at radius 2 is 1.19 bits per heavy atom. The van der Waals surface area contributed by atoms with Gasteiger partial charge in [0.2, 0.25) is 0 Å². The van der Waals surface area contributed by atoms with Crippen LogP contribution in [0.3, 0.4) is 0 Å². The lowest BCUT2D eigenvalue weighted by atomic mass is 10.0. The average molecular weight is 801 g/mol. The van der Waals surface area contributed by atoms with Crippen LogP contribution in [0.5, 0.6) is 0 Å². The molecular weight excluding hydrogens is 750 g/mol. The van der Waals surface area contributed by atoms with Crippen LogP contribution in [0.2, 0.25) is 0 Å². The van der Waals surface area contributed by atoms with Crippen molar-refractivity contribution in [1.82, 2.24) is 19.4 Å². The highest BCUT2D eigenvalue weighted by Gasteiger charge is 2.38. The second-order valence-electron chi connectivity index (χ2n) is 13.2. The highest BCUT2D eigenvalue weighted by atomic mass is 35.5. The van der Waals surface area contributed by atoms with Crippen LogP contribution >= 0.6 is 12.4 Å². The van der Waals surface area contributed by atoms with Gasteiger partial charge in [-0.05, 0) is 84.3 Å². The van der Waals surface area contributed by atoms with Crippen molar-refractivity contribution in [3.63, 3.8) is 0 Å². The zero-order chi connectivity index (χ0) is 40.1. The van der Waals surface area contributed by atoms with E-state index in [9.17, 15) is 50.3 Å². The Bertz CT molecular complexity index is 1640. The van der Waals surface area contributed by atoms with Crippen LogP contribution in [0.15, 0.2) is 34.1 Å². The molecule has 1 N–H and O–H groups in total. The highest BCUT2D eigenvalue weighted by molar-refractivity contribution is 5.85. The lowest BCUT2D eigenvalue weighted by Gasteiger charge is -2.22. The largest absolute Gasteiger partial charge is 0.464 e. The number of hydrogen-bond donors (Lipinski definition) is 1. The van der Waals surface area contributed by atoms with Crippen LogP contribution in [0.25, 0.3) is 0 Å². The van der Waals surface area contributed by atoms with Crippen molar-refractivity contribution in [1.29, 1.82) is 0 Å². The van der Waals surface area contributed by atoms with Gasteiger partial charge in [-0.25, -0.2) is 9.59 Å². The van der Waals surface area contributed by atoms with E-state index in [0.717, 1.165) is 41.0 Å². The number of halogens is 7. The quantitative estimate of drug-likeness (QED) is 0.138. The first-order chi connectivity index (χ1) is 24.8. The summed E-state index contributed by atoms with van der Waals surface area (Å²) in [7, 11) is 7.27. The minimum atomic E-state index is -4.74. The first-order valence-corrected chi connectivity index (χ1v) is 17.5. The van der Waals surface area contributed by atoms with Gasteiger partial charge >= 0.3 is 24.3 Å². The van der Waals surface area contributed by atoms with Gasteiger partial charge in [-0.1, -0.05) is 25.7 Å². The molecule has 0 aromatic carbocycles. The third kappa shape index (κ3) is 15.2. The molecule has 0 amide bonds. The van der Waals surface area contributed by atoms with Crippen molar-refractivity contribution < 1.29 is 50.2 Å². The maximum atomic E-state index is 13.3. The van der Waals surface area contributed by atoms with E-state index in [-0.39, 0.29) is 49.1 Å². The minimum absolute atomic E-state index is 0. The number of aldehydes is 1. The number of esters is 2. The summed E-state index contributed by atoms with van der Waals surface area (Å²) in [6.07, 6.45) is -2.75. The molecule has 2 atom stereocenters. The molecule has 4 rings (SSSR count). The Kier molecular flexibility index (Phi) is 19.7. The molecule has 0 saturated heterocycles. The van der Waals surface area contributed by atoms with Gasteiger partial charge in [-0.15, -0.1) is 12.4 Å². The molecule has 2 aliphatic carbocycles. The van der Waals surface area contributed by atoms with Crippen LogP contribution < -0.4 is 16.4 Å². The molecule has 2 aromatic heterocycles. The maximum Gasteiger partial charge on any atom is 0.416 e. The fraction of sp³-hybridized carbons (Fsp3) is 0.639. The number of nitrogens with zero attached hydrogens (tertiary/aromatic N) is 3. The standard InChI is InChI=1S/C18H25F3N2O3.C16H18F3NO4.C2H7N.ClH/c1-4-26-17(25)15(9-12-5-6-12)23-11-13(7-8-22(2)3)14(10-16(23)24)18(19,20)21;1-2-24-15(23)13(7-10-3-4-10)20-9-11(5-6-21)12(8-14(20)22)16(17,18)19;1-3-2;/h10-12,15H,4-9H2,1-3H3;6,8-10,13H,2-5,7H2,1H3;3H,1-2H3;1H. The second-order valence-corrected chi connectivity index (χ2v) is 13.2. The van der Waals surface area contributed by atoms with Crippen LogP contribution in [0.4, 0.5) is 26.3 Å². The Labute approximate surface area is 316 Å². The van der Waals surface area contributed by atoms with Crippen LogP contribution in [-0.2, 0) is 49.1 Å². The van der Waals surface area contributed by atoms with Gasteiger partial charge in [0.05, 0.1) is 24.3 Å². The van der Waals surface area contributed by atoms with E-state index < -0.39 is 65.0 Å². The number of pyridine rings is 2. The Morgan fingerprint density at radius 1 is 0.815 bits per heavy atom. The fourth-order valence-corrected chi connectivity index (χ4v) is 5.46. The second kappa shape index (κ2) is 22.0. The lowest BCUT2D eigenvalue weighted by Crippen LogP contribution is -2.33. The molecule has 0 spiro atoms. The smallest absolute Gasteiger partial charge is 0.416 e. The van der Waals surface area contributed by atoms with Crippen LogP contribution in [-0.4, -0.2) is 80.2 Å². The summed E-state index contributed by atoms with van der Waals surface area (Å²) in [5.74, 6) is -0.657. The summed E-state index contributed by atoms with van der Waals surface area (Å²) in [6, 6.07) is -0.810. The summed E-state index contributed by atoms with van der Waals surface area (Å²) in [6.45, 7) is 3.93. The number of carbonyl (C=O) groups is 3. The van der Waals surface area contributed by atoms with Crippen molar-refractivity contribution >= 4 is 30.6 Å². The lowest BCUT2D eigenvalue weighted by molar-refractivity contribution is -0.148. The highest BCUT2D eigenvalue weighted by Crippen LogP contribution is 2.39. The number of carbonyl (C=O) groups excluding carboxylic acids is 3. The monoisotopic (exact) mass is 800 g/mol. The SMILES string of the molecule is CCOC(=O)C(CC1CC1)n1cc(CC=O)c(C(F)(F)F)cc1=O.CCOC(=O)C(CC1CC1)n1cc(CCN(C)C)c(C(F)(F)F)cc1=O.CNC.Cl. The average Bonchev–Trinajstić information content (AvgIpc) is 4.00. The molecular formula is C36H51ClF6N4O7. The molecule has 2 heterocycles. The predicted octanol–water partition coefficient (Wildman–Crippen LogP) is 5.65. The molecule has 54 heavy (non-hydrogen) atoms. The summed E-state index contributed by atoms with van der Waals surface area (Å²) in [4.78, 5) is 61.4. The molecule has 18 heteroatoms. The Morgan fingerprint density at radius 3 is 1.50 bits per heavy atom. The number of aromatic nitrogens is 2. The van der Waals surface area contributed by atoms with E-state index >= 15 is 0 Å². The van der Waals surface area contributed by atoms with Crippen molar-refractivity contribution in [3.05, 3.63) is 67.5 Å². The summed E-state index contributed by atoms with van der Waals surface area (Å²) >= 11 is 0. The zero-order valence-corrected chi connectivity index (χ0v) is 32.2. The predicted molar refractivity (Wildman–Crippen MR) is 192 cm³/mol. The number of ether oxygens (including phenoxy) is 2. The van der Waals surface area contributed by atoms with E-state index in [4.69, 9.17) is 9.47 Å². The van der Waals surface area contributed by atoms with Crippen molar-refractivity contribution in [3.8, 4) is 0 Å². The molecule has 2 aliphatic rings. The van der Waals surface area contributed by atoms with E-state index in [1.807, 2.05) is 14.1 Å². The van der Waals surface area contributed by atoms with Gasteiger partial charge in [0.15, 0.2) is 0 Å².